The van der Waals surface area contributed by atoms with Crippen molar-refractivity contribution in [3.05, 3.63) is 70.8 Å². The zero-order chi connectivity index (χ0) is 44.3. The highest BCUT2D eigenvalue weighted by Crippen LogP contribution is 2.26. The Morgan fingerprint density at radius 1 is 0.525 bits per heavy atom. The molecule has 0 aliphatic carbocycles. The number of benzene rings is 2. The molecule has 0 saturated heterocycles. The van der Waals surface area contributed by atoms with Crippen molar-refractivity contribution in [3.8, 4) is 0 Å². The molecule has 0 radical (unpaired) electrons. The highest BCUT2D eigenvalue weighted by molar-refractivity contribution is 6.02. The number of nitrogens with two attached hydrogens (primary N) is 2. The topological polar surface area (TPSA) is 203 Å². The Balaban J connectivity index is 2.02. The van der Waals surface area contributed by atoms with Crippen LogP contribution in [-0.4, -0.2) is 141 Å². The van der Waals surface area contributed by atoms with Gasteiger partial charge in [0.2, 0.25) is 0 Å². The van der Waals surface area contributed by atoms with Crippen molar-refractivity contribution in [1.82, 2.24) is 5.32 Å². The Morgan fingerprint density at radius 3 is 1.24 bits per heavy atom. The first-order valence-electron chi connectivity index (χ1n) is 20.8. The number of hydrogen-bond acceptors (Lipinski definition) is 14. The van der Waals surface area contributed by atoms with Gasteiger partial charge in [-0.1, -0.05) is 48.5 Å². The number of carbonyl (C=O) groups excluding carboxylic acids is 2. The number of Topliss-reactive ketones (excluding diaryl/α,β-unsaturated/α-hetero) is 2. The molecular weight excluding hydrogens is 759 g/mol. The van der Waals surface area contributed by atoms with Crippen molar-refractivity contribution < 1.29 is 53.0 Å². The molecule has 59 heavy (non-hydrogen) atoms. The van der Waals surface area contributed by atoms with Crippen molar-refractivity contribution >= 4 is 11.6 Å². The SMILES string of the molecule is CC(N)COC(C)COC(C)COCC(COCC(C)OCC(C)NC(c1ccc(C(=O)C(C)(C)O)cc1)c1ccc(C(=O)C(C)(C)O)cc1)OCC(C)OCC(C)N. The van der Waals surface area contributed by atoms with Gasteiger partial charge in [-0.05, 0) is 87.3 Å². The largest absolute Gasteiger partial charge is 0.382 e. The number of aliphatic hydroxyl groups is 2. The summed E-state index contributed by atoms with van der Waals surface area (Å²) < 4.78 is 41.8. The van der Waals surface area contributed by atoms with Gasteiger partial charge in [0.25, 0.3) is 0 Å². The van der Waals surface area contributed by atoms with E-state index in [0.29, 0.717) is 64.0 Å². The second-order valence-corrected chi connectivity index (χ2v) is 17.1. The molecule has 0 aliphatic rings. The normalized spacial score (nSPS) is 16.6. The molecule has 7 N–H and O–H groups in total. The quantitative estimate of drug-likeness (QED) is 0.0670. The van der Waals surface area contributed by atoms with Crippen LogP contribution in [0.5, 0.6) is 0 Å². The fourth-order valence-electron chi connectivity index (χ4n) is 5.66. The van der Waals surface area contributed by atoms with E-state index < -0.39 is 11.2 Å². The van der Waals surface area contributed by atoms with Gasteiger partial charge < -0.3 is 60.2 Å². The molecule has 8 unspecified atom stereocenters. The predicted molar refractivity (Wildman–Crippen MR) is 229 cm³/mol. The number of ether oxygens (including phenoxy) is 7. The van der Waals surface area contributed by atoms with Gasteiger partial charge in [0.1, 0.15) is 17.3 Å². The zero-order valence-electron chi connectivity index (χ0n) is 37.4. The average Bonchev–Trinajstić information content (AvgIpc) is 3.17. The van der Waals surface area contributed by atoms with E-state index >= 15 is 0 Å². The van der Waals surface area contributed by atoms with Gasteiger partial charge in [-0.15, -0.1) is 0 Å². The minimum Gasteiger partial charge on any atom is -0.382 e. The number of carbonyl (C=O) groups is 2. The third kappa shape index (κ3) is 21.1. The lowest BCUT2D eigenvalue weighted by Gasteiger charge is -2.26. The standard InChI is InChI=1S/C45H75N3O11/c1-29(46)20-55-34(6)25-58-33(5)24-54-28-40(59-26-35(7)56-21-30(2)47)27-53-23-32(4)57-22-31(3)48-41(36-12-16-38(17-13-36)42(49)44(8,9)51)37-14-18-39(19-15-37)43(50)45(10,11)52/h12-19,29-35,40-41,48,51-52H,20-28,46-47H2,1-11H3. The number of nitrogens with one attached hydrogen (secondary N) is 1. The Morgan fingerprint density at radius 2 is 0.864 bits per heavy atom. The smallest absolute Gasteiger partial charge is 0.193 e. The van der Waals surface area contributed by atoms with E-state index in [-0.39, 0.29) is 72.9 Å². The van der Waals surface area contributed by atoms with Gasteiger partial charge in [0.05, 0.1) is 89.9 Å². The average molecular weight is 834 g/mol. The molecule has 8 atom stereocenters. The van der Waals surface area contributed by atoms with Crippen LogP contribution in [0.1, 0.15) is 114 Å². The second kappa shape index (κ2) is 25.9. The summed E-state index contributed by atoms with van der Waals surface area (Å²) in [6.45, 7) is 22.7. The van der Waals surface area contributed by atoms with E-state index in [2.05, 4.69) is 5.32 Å². The Kier molecular flexibility index (Phi) is 23.0. The maximum atomic E-state index is 12.7. The van der Waals surface area contributed by atoms with Crippen LogP contribution < -0.4 is 16.8 Å². The van der Waals surface area contributed by atoms with Crippen LogP contribution in [0.25, 0.3) is 0 Å². The van der Waals surface area contributed by atoms with Gasteiger partial charge in [-0.25, -0.2) is 0 Å². The highest BCUT2D eigenvalue weighted by atomic mass is 16.6. The van der Waals surface area contributed by atoms with E-state index in [1.807, 2.05) is 72.7 Å². The summed E-state index contributed by atoms with van der Waals surface area (Å²) in [5.74, 6) is -0.755. The van der Waals surface area contributed by atoms with Crippen LogP contribution in [-0.2, 0) is 33.2 Å². The predicted octanol–water partition coefficient (Wildman–Crippen LogP) is 4.39. The Bertz CT molecular complexity index is 1410. The molecule has 14 heteroatoms. The zero-order valence-corrected chi connectivity index (χ0v) is 37.4. The lowest BCUT2D eigenvalue weighted by Crippen LogP contribution is -2.37. The molecule has 0 amide bonds. The molecule has 0 fully saturated rings. The molecule has 0 aliphatic heterocycles. The molecule has 0 bridgehead atoms. The summed E-state index contributed by atoms with van der Waals surface area (Å²) >= 11 is 0. The summed E-state index contributed by atoms with van der Waals surface area (Å²) in [5, 5.41) is 24.1. The van der Waals surface area contributed by atoms with Crippen LogP contribution in [0, 0.1) is 0 Å². The minimum atomic E-state index is -1.50. The molecule has 2 aromatic carbocycles. The van der Waals surface area contributed by atoms with E-state index in [1.165, 1.54) is 27.7 Å². The lowest BCUT2D eigenvalue weighted by molar-refractivity contribution is -0.112. The Hall–Kier alpha value is -2.70. The van der Waals surface area contributed by atoms with Gasteiger partial charge in [-0.3, -0.25) is 9.59 Å². The summed E-state index contributed by atoms with van der Waals surface area (Å²) in [6, 6.07) is 13.6. The molecular formula is C45H75N3O11. The Labute approximate surface area is 352 Å². The molecule has 14 nitrogen and oxygen atoms in total. The van der Waals surface area contributed by atoms with Crippen LogP contribution in [0.2, 0.25) is 0 Å². The number of hydrogen-bond donors (Lipinski definition) is 5. The van der Waals surface area contributed by atoms with Crippen LogP contribution >= 0.6 is 0 Å². The van der Waals surface area contributed by atoms with Gasteiger partial charge >= 0.3 is 0 Å². The van der Waals surface area contributed by atoms with Crippen LogP contribution in [0.3, 0.4) is 0 Å². The monoisotopic (exact) mass is 834 g/mol. The first-order valence-corrected chi connectivity index (χ1v) is 20.8. The third-order valence-electron chi connectivity index (χ3n) is 8.99. The van der Waals surface area contributed by atoms with Crippen molar-refractivity contribution in [2.45, 2.75) is 142 Å². The van der Waals surface area contributed by atoms with Crippen molar-refractivity contribution in [3.63, 3.8) is 0 Å². The lowest BCUT2D eigenvalue weighted by atomic mass is 9.91. The number of ketones is 2. The second-order valence-electron chi connectivity index (χ2n) is 17.1. The molecule has 0 saturated carbocycles. The molecule has 2 rings (SSSR count). The summed E-state index contributed by atoms with van der Waals surface area (Å²) in [4.78, 5) is 25.4. The van der Waals surface area contributed by atoms with Crippen molar-refractivity contribution in [2.24, 2.45) is 11.5 Å². The molecule has 0 spiro atoms. The maximum Gasteiger partial charge on any atom is 0.193 e. The maximum absolute atomic E-state index is 12.7. The van der Waals surface area contributed by atoms with E-state index in [4.69, 9.17) is 44.6 Å². The fourth-order valence-corrected chi connectivity index (χ4v) is 5.66. The first-order chi connectivity index (χ1) is 27.6. The molecule has 0 aromatic heterocycles. The summed E-state index contributed by atoms with van der Waals surface area (Å²) in [7, 11) is 0. The van der Waals surface area contributed by atoms with E-state index in [0.717, 1.165) is 11.1 Å². The van der Waals surface area contributed by atoms with Crippen molar-refractivity contribution in [1.29, 1.82) is 0 Å². The van der Waals surface area contributed by atoms with E-state index in [1.54, 1.807) is 24.3 Å². The van der Waals surface area contributed by atoms with Gasteiger partial charge in [-0.2, -0.15) is 0 Å². The molecule has 0 heterocycles. The van der Waals surface area contributed by atoms with Gasteiger partial charge in [0.15, 0.2) is 11.6 Å². The number of rotatable bonds is 31. The fraction of sp³-hybridized carbons (Fsp3) is 0.689. The third-order valence-corrected chi connectivity index (χ3v) is 8.99. The van der Waals surface area contributed by atoms with Crippen molar-refractivity contribution in [2.75, 3.05) is 59.5 Å². The summed E-state index contributed by atoms with van der Waals surface area (Å²) in [5.41, 5.74) is 11.2. The van der Waals surface area contributed by atoms with Crippen LogP contribution in [0.4, 0.5) is 0 Å². The molecule has 336 valence electrons. The van der Waals surface area contributed by atoms with Gasteiger partial charge in [0, 0.05) is 29.3 Å². The van der Waals surface area contributed by atoms with Crippen LogP contribution in [0.15, 0.2) is 48.5 Å². The highest BCUT2D eigenvalue weighted by Gasteiger charge is 2.27. The summed E-state index contributed by atoms with van der Waals surface area (Å²) in [6.07, 6.45) is -1.00. The minimum absolute atomic E-state index is 0.0357. The first kappa shape index (κ1) is 52.4. The molecule has 2 aromatic rings. The van der Waals surface area contributed by atoms with E-state index in [9.17, 15) is 19.8 Å².